The Balaban J connectivity index is 0.000000240. The van der Waals surface area contributed by atoms with Crippen LogP contribution in [0.4, 0.5) is 17.1 Å². The third-order valence-corrected chi connectivity index (χ3v) is 3.70. The molecular weight excluding hydrogens is 314 g/mol. The van der Waals surface area contributed by atoms with Crippen LogP contribution in [-0.4, -0.2) is 15.0 Å². The lowest BCUT2D eigenvalue weighted by Crippen LogP contribution is -1.98. The fourth-order valence-corrected chi connectivity index (χ4v) is 2.07. The van der Waals surface area contributed by atoms with Crippen LogP contribution in [0.5, 0.6) is 5.75 Å². The molecule has 24 heavy (non-hydrogen) atoms. The van der Waals surface area contributed by atoms with E-state index in [2.05, 4.69) is 0 Å². The van der Waals surface area contributed by atoms with Crippen molar-refractivity contribution in [1.29, 1.82) is 0 Å². The van der Waals surface area contributed by atoms with Crippen LogP contribution >= 0.6 is 0 Å². The Bertz CT molecular complexity index is 735. The molecule has 0 radical (unpaired) electrons. The molecule has 3 N–H and O–H groups in total. The molecule has 0 aromatic heterocycles. The highest BCUT2D eigenvalue weighted by Gasteiger charge is 2.14. The van der Waals surface area contributed by atoms with Gasteiger partial charge in [0.1, 0.15) is 5.75 Å². The molecule has 0 aliphatic carbocycles. The van der Waals surface area contributed by atoms with E-state index in [0.717, 1.165) is 5.56 Å². The number of nitro benzene ring substituents is 2. The molecule has 0 aliphatic heterocycles. The number of hydrogen-bond donors (Lipinski definition) is 2. The van der Waals surface area contributed by atoms with Gasteiger partial charge in [-0.3, -0.25) is 20.2 Å². The number of nitrogens with zero attached hydrogens (tertiary/aromatic N) is 2. The van der Waals surface area contributed by atoms with Gasteiger partial charge in [0.05, 0.1) is 15.4 Å². The van der Waals surface area contributed by atoms with Crippen molar-refractivity contribution in [2.75, 3.05) is 5.73 Å². The number of nitrogens with two attached hydrogens (primary N) is 1. The summed E-state index contributed by atoms with van der Waals surface area (Å²) < 4.78 is 0. The van der Waals surface area contributed by atoms with E-state index in [9.17, 15) is 25.3 Å². The van der Waals surface area contributed by atoms with Gasteiger partial charge < -0.3 is 10.8 Å². The normalized spacial score (nSPS) is 9.83. The van der Waals surface area contributed by atoms with Crippen LogP contribution in [0.25, 0.3) is 0 Å². The first-order chi connectivity index (χ1) is 11.1. The second kappa shape index (κ2) is 7.40. The highest BCUT2D eigenvalue weighted by atomic mass is 16.6. The van der Waals surface area contributed by atoms with Crippen LogP contribution in [-0.2, 0) is 0 Å². The summed E-state index contributed by atoms with van der Waals surface area (Å²) in [4.78, 5) is 19.9. The van der Waals surface area contributed by atoms with Crippen molar-refractivity contribution in [3.8, 4) is 5.75 Å². The zero-order chi connectivity index (χ0) is 18.6. The molecule has 0 saturated heterocycles. The average Bonchev–Trinajstić information content (AvgIpc) is 2.50. The van der Waals surface area contributed by atoms with Gasteiger partial charge in [0, 0.05) is 23.4 Å². The standard InChI is InChI=1S/C8H10N2O2.C8H9NO3/c1-5-3-4-7(10(11)12)6(2)8(5)9;1-5-3-4-7(9(11)12)6(2)8(5)10/h3-4H,9H2,1-2H3;3-4,10H,1-2H3. The highest BCUT2D eigenvalue weighted by molar-refractivity contribution is 5.61. The van der Waals surface area contributed by atoms with E-state index in [4.69, 9.17) is 5.73 Å². The van der Waals surface area contributed by atoms with E-state index >= 15 is 0 Å². The smallest absolute Gasteiger partial charge is 0.276 e. The fourth-order valence-electron chi connectivity index (χ4n) is 2.07. The first-order valence-corrected chi connectivity index (χ1v) is 7.01. The van der Waals surface area contributed by atoms with Crippen molar-refractivity contribution >= 4 is 17.1 Å². The van der Waals surface area contributed by atoms with Crippen LogP contribution in [0, 0.1) is 47.9 Å². The number of aryl methyl sites for hydroxylation is 2. The highest BCUT2D eigenvalue weighted by Crippen LogP contribution is 2.29. The lowest BCUT2D eigenvalue weighted by Gasteiger charge is -2.03. The van der Waals surface area contributed by atoms with E-state index in [0.29, 0.717) is 22.4 Å². The Hall–Kier alpha value is -3.16. The van der Waals surface area contributed by atoms with Crippen LogP contribution in [0.2, 0.25) is 0 Å². The second-order valence-electron chi connectivity index (χ2n) is 5.33. The maximum absolute atomic E-state index is 10.4. The Morgan fingerprint density at radius 1 is 0.833 bits per heavy atom. The molecule has 0 fully saturated rings. The lowest BCUT2D eigenvalue weighted by molar-refractivity contribution is -0.385. The van der Waals surface area contributed by atoms with Crippen molar-refractivity contribution < 1.29 is 15.0 Å². The van der Waals surface area contributed by atoms with Gasteiger partial charge in [-0.15, -0.1) is 0 Å². The molecule has 2 aromatic carbocycles. The minimum atomic E-state index is -0.505. The summed E-state index contributed by atoms with van der Waals surface area (Å²) in [5, 5.41) is 30.1. The molecular formula is C16H19N3O5. The quantitative estimate of drug-likeness (QED) is 0.489. The fraction of sp³-hybridized carbons (Fsp3) is 0.250. The molecule has 0 aliphatic rings. The number of phenols is 1. The van der Waals surface area contributed by atoms with Gasteiger partial charge >= 0.3 is 0 Å². The lowest BCUT2D eigenvalue weighted by atomic mass is 10.1. The molecule has 128 valence electrons. The summed E-state index contributed by atoms with van der Waals surface area (Å²) in [6.07, 6.45) is 0. The molecule has 0 atom stereocenters. The predicted octanol–water partition coefficient (Wildman–Crippen LogP) is 3.71. The van der Waals surface area contributed by atoms with E-state index in [-0.39, 0.29) is 17.1 Å². The third-order valence-electron chi connectivity index (χ3n) is 3.70. The summed E-state index contributed by atoms with van der Waals surface area (Å²) in [5.41, 5.74) is 8.54. The van der Waals surface area contributed by atoms with Crippen LogP contribution < -0.4 is 5.73 Å². The largest absolute Gasteiger partial charge is 0.507 e. The molecule has 0 spiro atoms. The summed E-state index contributed by atoms with van der Waals surface area (Å²) in [6, 6.07) is 6.05. The Morgan fingerprint density at radius 2 is 1.25 bits per heavy atom. The van der Waals surface area contributed by atoms with Gasteiger partial charge in [0.25, 0.3) is 11.4 Å². The van der Waals surface area contributed by atoms with Gasteiger partial charge in [-0.1, -0.05) is 6.07 Å². The minimum absolute atomic E-state index is 0.00389. The van der Waals surface area contributed by atoms with Gasteiger partial charge in [-0.2, -0.15) is 0 Å². The molecule has 0 unspecified atom stereocenters. The van der Waals surface area contributed by atoms with Crippen LogP contribution in [0.1, 0.15) is 22.3 Å². The van der Waals surface area contributed by atoms with E-state index < -0.39 is 9.85 Å². The van der Waals surface area contributed by atoms with Gasteiger partial charge in [-0.25, -0.2) is 0 Å². The van der Waals surface area contributed by atoms with Crippen LogP contribution in [0.15, 0.2) is 24.3 Å². The van der Waals surface area contributed by atoms with Crippen LogP contribution in [0.3, 0.4) is 0 Å². The minimum Gasteiger partial charge on any atom is -0.507 e. The Kier molecular flexibility index (Phi) is 5.83. The monoisotopic (exact) mass is 333 g/mol. The summed E-state index contributed by atoms with van der Waals surface area (Å²) in [7, 11) is 0. The summed E-state index contributed by atoms with van der Waals surface area (Å²) >= 11 is 0. The van der Waals surface area contributed by atoms with Gasteiger partial charge in [-0.05, 0) is 44.9 Å². The van der Waals surface area contributed by atoms with Crippen molar-refractivity contribution in [3.05, 3.63) is 66.7 Å². The number of nitro groups is 2. The zero-order valence-electron chi connectivity index (χ0n) is 13.9. The molecule has 0 saturated carbocycles. The van der Waals surface area contributed by atoms with Crippen molar-refractivity contribution in [3.63, 3.8) is 0 Å². The van der Waals surface area contributed by atoms with Gasteiger partial charge in [0.15, 0.2) is 0 Å². The second-order valence-corrected chi connectivity index (χ2v) is 5.33. The van der Waals surface area contributed by atoms with Gasteiger partial charge in [0.2, 0.25) is 0 Å². The molecule has 0 heterocycles. The molecule has 0 amide bonds. The maximum Gasteiger partial charge on any atom is 0.276 e. The number of benzene rings is 2. The summed E-state index contributed by atoms with van der Waals surface area (Å²) in [6.45, 7) is 6.71. The zero-order valence-corrected chi connectivity index (χ0v) is 13.9. The molecule has 2 aromatic rings. The van der Waals surface area contributed by atoms with Crippen molar-refractivity contribution in [2.45, 2.75) is 27.7 Å². The summed E-state index contributed by atoms with van der Waals surface area (Å²) in [5.74, 6) is 0.00389. The number of hydrogen-bond acceptors (Lipinski definition) is 6. The first-order valence-electron chi connectivity index (χ1n) is 7.01. The molecule has 8 nitrogen and oxygen atoms in total. The topological polar surface area (TPSA) is 133 Å². The molecule has 8 heteroatoms. The third kappa shape index (κ3) is 3.97. The molecule has 0 bridgehead atoms. The van der Waals surface area contributed by atoms with Crippen molar-refractivity contribution in [1.82, 2.24) is 0 Å². The molecule has 2 rings (SSSR count). The first kappa shape index (κ1) is 18.9. The number of rotatable bonds is 2. The number of nitrogen functional groups attached to an aromatic ring is 1. The predicted molar refractivity (Wildman–Crippen MR) is 91.2 cm³/mol. The van der Waals surface area contributed by atoms with E-state index in [1.54, 1.807) is 19.9 Å². The Morgan fingerprint density at radius 3 is 1.71 bits per heavy atom. The Labute approximate surface area is 138 Å². The van der Waals surface area contributed by atoms with E-state index in [1.165, 1.54) is 25.1 Å². The SMILES string of the molecule is Cc1ccc([N+](=O)[O-])c(C)c1N.Cc1ccc([N+](=O)[O-])c(C)c1O. The number of phenolic OH excluding ortho intramolecular Hbond substituents is 1. The van der Waals surface area contributed by atoms with Crippen molar-refractivity contribution in [2.24, 2.45) is 0 Å². The maximum atomic E-state index is 10.4. The number of anilines is 1. The number of aromatic hydroxyl groups is 1. The van der Waals surface area contributed by atoms with E-state index in [1.807, 2.05) is 6.92 Å². The average molecular weight is 333 g/mol.